The molecule has 2 rings (SSSR count). The van der Waals surface area contributed by atoms with Crippen LogP contribution in [0, 0.1) is 17.5 Å². The zero-order valence-electron chi connectivity index (χ0n) is 13.2. The second-order valence-electron chi connectivity index (χ2n) is 5.46. The minimum Gasteiger partial charge on any atom is -0.490 e. The summed E-state index contributed by atoms with van der Waals surface area (Å²) >= 11 is 0. The van der Waals surface area contributed by atoms with Crippen LogP contribution in [0.3, 0.4) is 0 Å². The van der Waals surface area contributed by atoms with Crippen molar-refractivity contribution in [3.63, 3.8) is 0 Å². The number of hydrogen-bond acceptors (Lipinski definition) is 7. The van der Waals surface area contributed by atoms with Gasteiger partial charge in [0.15, 0.2) is 28.9 Å². The van der Waals surface area contributed by atoms with E-state index in [0.29, 0.717) is 18.6 Å². The highest BCUT2D eigenvalue weighted by Gasteiger charge is 2.32. The van der Waals surface area contributed by atoms with Crippen molar-refractivity contribution >= 4 is 11.9 Å². The average Bonchev–Trinajstić information content (AvgIpc) is 2.45. The van der Waals surface area contributed by atoms with Gasteiger partial charge in [-0.3, -0.25) is 4.84 Å². The zero-order valence-corrected chi connectivity index (χ0v) is 13.2. The number of hydrogen-bond donors (Lipinski definition) is 2. The first-order chi connectivity index (χ1) is 11.2. The van der Waals surface area contributed by atoms with E-state index in [0.717, 1.165) is 0 Å². The van der Waals surface area contributed by atoms with Crippen LogP contribution in [0.2, 0.25) is 0 Å². The fourth-order valence-corrected chi connectivity index (χ4v) is 2.03. The molecule has 1 aliphatic heterocycles. The second-order valence-corrected chi connectivity index (χ2v) is 5.46. The van der Waals surface area contributed by atoms with Crippen LogP contribution in [-0.2, 0) is 4.84 Å². The van der Waals surface area contributed by atoms with Crippen molar-refractivity contribution in [2.45, 2.75) is 25.9 Å². The molecule has 1 heterocycles. The predicted octanol–water partition coefficient (Wildman–Crippen LogP) is 1.49. The predicted molar refractivity (Wildman–Crippen MR) is 81.5 cm³/mol. The van der Waals surface area contributed by atoms with Crippen molar-refractivity contribution in [2.75, 3.05) is 13.2 Å². The molecule has 0 radical (unpaired) electrons. The summed E-state index contributed by atoms with van der Waals surface area (Å²) in [6, 6.07) is 1.08. The van der Waals surface area contributed by atoms with Crippen LogP contribution in [-0.4, -0.2) is 35.9 Å². The second kappa shape index (κ2) is 6.95. The Morgan fingerprint density at radius 2 is 1.75 bits per heavy atom. The number of aliphatic imine (C=N–C) groups is 2. The topological polar surface area (TPSA) is 98.5 Å². The molecule has 7 nitrogen and oxygen atoms in total. The Labute approximate surface area is 136 Å². The molecule has 0 aromatic heterocycles. The molecule has 0 bridgehead atoms. The molecule has 24 heavy (non-hydrogen) atoms. The minimum atomic E-state index is -1.27. The van der Waals surface area contributed by atoms with E-state index in [1.165, 1.54) is 5.06 Å². The zero-order chi connectivity index (χ0) is 17.9. The van der Waals surface area contributed by atoms with Gasteiger partial charge in [-0.2, -0.15) is 10.1 Å². The van der Waals surface area contributed by atoms with Crippen molar-refractivity contribution in [3.8, 4) is 5.75 Å². The smallest absolute Gasteiger partial charge is 0.226 e. The number of hydroxylamine groups is 2. The highest BCUT2D eigenvalue weighted by molar-refractivity contribution is 5.95. The molecule has 0 spiro atoms. The van der Waals surface area contributed by atoms with Gasteiger partial charge in [0.1, 0.15) is 0 Å². The highest BCUT2D eigenvalue weighted by Crippen LogP contribution is 2.22. The van der Waals surface area contributed by atoms with Gasteiger partial charge in [-0.15, -0.1) is 0 Å². The summed E-state index contributed by atoms with van der Waals surface area (Å²) in [7, 11) is 0. The Balaban J connectivity index is 1.82. The number of guanidine groups is 2. The molecule has 0 saturated carbocycles. The van der Waals surface area contributed by atoms with Gasteiger partial charge in [-0.1, -0.05) is 0 Å². The maximum absolute atomic E-state index is 13.4. The third-order valence-corrected chi connectivity index (χ3v) is 3.06. The van der Waals surface area contributed by atoms with Crippen LogP contribution in [0.25, 0.3) is 0 Å². The fraction of sp³-hybridized carbons (Fsp3) is 0.429. The number of ether oxygens (including phenoxy) is 1. The summed E-state index contributed by atoms with van der Waals surface area (Å²) in [5, 5.41) is 1.29. The largest absolute Gasteiger partial charge is 0.490 e. The standard InChI is InChI=1S/C14H18F3N5O2/c1-14(2)21-12(18)20-13(19)22(14)24-5-3-4-23-11-7-9(16)8(15)6-10(11)17/h6-7H,3-5H2,1-2H3,(H4,18,19,20,21). The number of halogens is 3. The summed E-state index contributed by atoms with van der Waals surface area (Å²) in [5.41, 5.74) is 10.4. The molecule has 10 heteroatoms. The summed E-state index contributed by atoms with van der Waals surface area (Å²) < 4.78 is 44.3. The van der Waals surface area contributed by atoms with Crippen molar-refractivity contribution < 1.29 is 22.7 Å². The molecule has 0 fully saturated rings. The number of rotatable bonds is 6. The summed E-state index contributed by atoms with van der Waals surface area (Å²) in [4.78, 5) is 13.4. The lowest BCUT2D eigenvalue weighted by molar-refractivity contribution is -0.158. The van der Waals surface area contributed by atoms with Gasteiger partial charge in [0, 0.05) is 18.6 Å². The first-order valence-corrected chi connectivity index (χ1v) is 7.10. The lowest BCUT2D eigenvalue weighted by Gasteiger charge is -2.36. The average molecular weight is 345 g/mol. The Bertz CT molecular complexity index is 679. The van der Waals surface area contributed by atoms with Crippen molar-refractivity contribution in [2.24, 2.45) is 21.5 Å². The lowest BCUT2D eigenvalue weighted by atomic mass is 10.2. The van der Waals surface area contributed by atoms with E-state index < -0.39 is 23.1 Å². The first kappa shape index (κ1) is 17.9. The van der Waals surface area contributed by atoms with Crippen LogP contribution in [0.15, 0.2) is 22.1 Å². The van der Waals surface area contributed by atoms with Gasteiger partial charge in [0.05, 0.1) is 13.2 Å². The van der Waals surface area contributed by atoms with Crippen molar-refractivity contribution in [3.05, 3.63) is 29.6 Å². The maximum atomic E-state index is 13.4. The van der Waals surface area contributed by atoms with Crippen LogP contribution in [0.4, 0.5) is 13.2 Å². The van der Waals surface area contributed by atoms with E-state index in [1.807, 2.05) is 0 Å². The maximum Gasteiger partial charge on any atom is 0.226 e. The molecule has 1 aromatic rings. The summed E-state index contributed by atoms with van der Waals surface area (Å²) in [6.45, 7) is 3.64. The van der Waals surface area contributed by atoms with Crippen molar-refractivity contribution in [1.29, 1.82) is 0 Å². The lowest BCUT2D eigenvalue weighted by Crippen LogP contribution is -2.53. The normalized spacial score (nSPS) is 16.6. The molecule has 4 N–H and O–H groups in total. The van der Waals surface area contributed by atoms with E-state index in [-0.39, 0.29) is 30.9 Å². The van der Waals surface area contributed by atoms with E-state index in [4.69, 9.17) is 21.0 Å². The quantitative estimate of drug-likeness (QED) is 0.601. The molecule has 0 amide bonds. The van der Waals surface area contributed by atoms with Crippen LogP contribution >= 0.6 is 0 Å². The monoisotopic (exact) mass is 345 g/mol. The first-order valence-electron chi connectivity index (χ1n) is 7.10. The molecule has 1 aromatic carbocycles. The van der Waals surface area contributed by atoms with E-state index >= 15 is 0 Å². The molecular formula is C14H18F3N5O2. The molecule has 0 unspecified atom stereocenters. The van der Waals surface area contributed by atoms with Crippen LogP contribution in [0.5, 0.6) is 5.75 Å². The minimum absolute atomic E-state index is 0.0265. The Hall–Kier alpha value is -2.49. The Morgan fingerprint density at radius 1 is 1.08 bits per heavy atom. The van der Waals surface area contributed by atoms with Gasteiger partial charge in [-0.25, -0.2) is 18.2 Å². The molecular weight excluding hydrogens is 327 g/mol. The van der Waals surface area contributed by atoms with Crippen molar-refractivity contribution in [1.82, 2.24) is 5.06 Å². The van der Waals surface area contributed by atoms with Gasteiger partial charge in [-0.05, 0) is 13.8 Å². The van der Waals surface area contributed by atoms with Gasteiger partial charge in [0.25, 0.3) is 0 Å². The van der Waals surface area contributed by atoms with Gasteiger partial charge < -0.3 is 16.2 Å². The molecule has 1 aliphatic rings. The molecule has 0 saturated heterocycles. The SMILES string of the molecule is CC1(C)N=C(N)N=C(N)N1OCCCOc1cc(F)c(F)cc1F. The number of nitrogens with zero attached hydrogens (tertiary/aromatic N) is 3. The van der Waals surface area contributed by atoms with Crippen LogP contribution in [0.1, 0.15) is 20.3 Å². The third-order valence-electron chi connectivity index (χ3n) is 3.06. The van der Waals surface area contributed by atoms with E-state index in [1.54, 1.807) is 13.8 Å². The fourth-order valence-electron chi connectivity index (χ4n) is 2.03. The van der Waals surface area contributed by atoms with Gasteiger partial charge >= 0.3 is 0 Å². The van der Waals surface area contributed by atoms with E-state index in [2.05, 4.69) is 9.98 Å². The molecule has 0 aliphatic carbocycles. The Kier molecular flexibility index (Phi) is 5.17. The van der Waals surface area contributed by atoms with Crippen LogP contribution < -0.4 is 16.2 Å². The van der Waals surface area contributed by atoms with E-state index in [9.17, 15) is 13.2 Å². The van der Waals surface area contributed by atoms with Gasteiger partial charge in [0.2, 0.25) is 11.9 Å². The number of benzene rings is 1. The number of nitrogens with two attached hydrogens (primary N) is 2. The Morgan fingerprint density at radius 3 is 2.42 bits per heavy atom. The third kappa shape index (κ3) is 4.07. The molecule has 0 atom stereocenters. The highest BCUT2D eigenvalue weighted by atomic mass is 19.2. The summed E-state index contributed by atoms with van der Waals surface area (Å²) in [5.74, 6) is -3.70. The molecule has 132 valence electrons. The summed E-state index contributed by atoms with van der Waals surface area (Å²) in [6.07, 6.45) is 0.331.